The summed E-state index contributed by atoms with van der Waals surface area (Å²) in [5.74, 6) is 1.35. The standard InChI is InChI=1S/C17H20N4O/c1-13-6-8-15(9-7-13)22-11-3-10-21-17(14-4-2-5-14)16(12-18)19-20-21/h6-9,14H,2-5,10-11H2,1H3. The number of nitrogens with zero attached hydrogens (tertiary/aromatic N) is 4. The molecular weight excluding hydrogens is 276 g/mol. The van der Waals surface area contributed by atoms with Crippen LogP contribution in [0, 0.1) is 18.3 Å². The fraction of sp³-hybridized carbons (Fsp3) is 0.471. The molecule has 0 atom stereocenters. The lowest BCUT2D eigenvalue weighted by Crippen LogP contribution is -2.17. The van der Waals surface area contributed by atoms with Gasteiger partial charge in [0.05, 0.1) is 12.3 Å². The SMILES string of the molecule is Cc1ccc(OCCCn2nnc(C#N)c2C2CCC2)cc1. The predicted molar refractivity (Wildman–Crippen MR) is 82.6 cm³/mol. The molecule has 3 rings (SSSR count). The Hall–Kier alpha value is -2.35. The van der Waals surface area contributed by atoms with Crippen molar-refractivity contribution in [2.75, 3.05) is 6.61 Å². The van der Waals surface area contributed by atoms with Gasteiger partial charge >= 0.3 is 0 Å². The van der Waals surface area contributed by atoms with Crippen molar-refractivity contribution in [2.24, 2.45) is 0 Å². The molecule has 2 aromatic rings. The molecule has 5 heteroatoms. The van der Waals surface area contributed by atoms with E-state index in [1.807, 2.05) is 28.9 Å². The predicted octanol–water partition coefficient (Wildman–Crippen LogP) is 3.19. The average Bonchev–Trinajstić information content (AvgIpc) is 2.87. The zero-order chi connectivity index (χ0) is 15.4. The van der Waals surface area contributed by atoms with E-state index in [1.54, 1.807) is 0 Å². The minimum atomic E-state index is 0.461. The number of aryl methyl sites for hydroxylation is 2. The molecule has 0 bridgehead atoms. The molecule has 1 aliphatic rings. The first kappa shape index (κ1) is 14.6. The van der Waals surface area contributed by atoms with Crippen LogP contribution >= 0.6 is 0 Å². The van der Waals surface area contributed by atoms with E-state index >= 15 is 0 Å². The van der Waals surface area contributed by atoms with Crippen molar-refractivity contribution in [3.05, 3.63) is 41.2 Å². The first-order valence-corrected chi connectivity index (χ1v) is 7.81. The molecule has 114 valence electrons. The van der Waals surface area contributed by atoms with Gasteiger partial charge in [0.25, 0.3) is 0 Å². The zero-order valence-corrected chi connectivity index (χ0v) is 12.8. The maximum absolute atomic E-state index is 9.15. The highest BCUT2D eigenvalue weighted by Gasteiger charge is 2.27. The Morgan fingerprint density at radius 2 is 2.09 bits per heavy atom. The Labute approximate surface area is 130 Å². The zero-order valence-electron chi connectivity index (χ0n) is 12.8. The molecule has 1 aliphatic carbocycles. The van der Waals surface area contributed by atoms with E-state index < -0.39 is 0 Å². The quantitative estimate of drug-likeness (QED) is 0.768. The molecule has 1 aromatic carbocycles. The largest absolute Gasteiger partial charge is 0.494 e. The fourth-order valence-corrected chi connectivity index (χ4v) is 2.69. The normalized spacial score (nSPS) is 14.4. The highest BCUT2D eigenvalue weighted by atomic mass is 16.5. The summed E-state index contributed by atoms with van der Waals surface area (Å²) in [6, 6.07) is 10.2. The lowest BCUT2D eigenvalue weighted by Gasteiger charge is -2.25. The molecule has 22 heavy (non-hydrogen) atoms. The maximum Gasteiger partial charge on any atom is 0.186 e. The van der Waals surface area contributed by atoms with Crippen LogP contribution in [-0.2, 0) is 6.54 Å². The Bertz CT molecular complexity index is 665. The van der Waals surface area contributed by atoms with Crippen LogP contribution in [0.5, 0.6) is 5.75 Å². The number of ether oxygens (including phenoxy) is 1. The van der Waals surface area contributed by atoms with Crippen LogP contribution in [0.2, 0.25) is 0 Å². The van der Waals surface area contributed by atoms with Crippen molar-refractivity contribution in [1.29, 1.82) is 5.26 Å². The molecule has 1 aromatic heterocycles. The summed E-state index contributed by atoms with van der Waals surface area (Å²) < 4.78 is 7.62. The van der Waals surface area contributed by atoms with Crippen molar-refractivity contribution in [3.8, 4) is 11.8 Å². The third-order valence-corrected chi connectivity index (χ3v) is 4.18. The van der Waals surface area contributed by atoms with E-state index in [0.29, 0.717) is 18.2 Å². The summed E-state index contributed by atoms with van der Waals surface area (Å²) in [4.78, 5) is 0. The van der Waals surface area contributed by atoms with Crippen LogP contribution in [0.25, 0.3) is 0 Å². The van der Waals surface area contributed by atoms with Gasteiger partial charge in [-0.05, 0) is 31.9 Å². The van der Waals surface area contributed by atoms with Gasteiger partial charge in [0.2, 0.25) is 0 Å². The summed E-state index contributed by atoms with van der Waals surface area (Å²) in [7, 11) is 0. The first-order valence-electron chi connectivity index (χ1n) is 7.81. The molecule has 0 spiro atoms. The summed E-state index contributed by atoms with van der Waals surface area (Å²) in [5.41, 5.74) is 2.73. The van der Waals surface area contributed by atoms with Crippen LogP contribution in [0.3, 0.4) is 0 Å². The van der Waals surface area contributed by atoms with Gasteiger partial charge in [0.1, 0.15) is 11.8 Å². The van der Waals surface area contributed by atoms with E-state index in [2.05, 4.69) is 23.3 Å². The van der Waals surface area contributed by atoms with Gasteiger partial charge in [-0.2, -0.15) is 5.26 Å². The molecule has 5 nitrogen and oxygen atoms in total. The Balaban J connectivity index is 1.54. The third-order valence-electron chi connectivity index (χ3n) is 4.18. The molecular formula is C17H20N4O. The third kappa shape index (κ3) is 3.11. The number of hydrogen-bond donors (Lipinski definition) is 0. The second-order valence-electron chi connectivity index (χ2n) is 5.80. The Morgan fingerprint density at radius 1 is 1.32 bits per heavy atom. The van der Waals surface area contributed by atoms with E-state index in [-0.39, 0.29) is 0 Å². The van der Waals surface area contributed by atoms with Gasteiger partial charge in [0.15, 0.2) is 5.69 Å². The molecule has 0 aliphatic heterocycles. The highest BCUT2D eigenvalue weighted by Crippen LogP contribution is 2.37. The molecule has 0 unspecified atom stereocenters. The van der Waals surface area contributed by atoms with Gasteiger partial charge in [-0.25, -0.2) is 4.68 Å². The minimum absolute atomic E-state index is 0.461. The molecule has 0 N–H and O–H groups in total. The van der Waals surface area contributed by atoms with E-state index in [4.69, 9.17) is 10.00 Å². The summed E-state index contributed by atoms with van der Waals surface area (Å²) in [6.45, 7) is 3.44. The monoisotopic (exact) mass is 296 g/mol. The topological polar surface area (TPSA) is 63.7 Å². The number of aromatic nitrogens is 3. The van der Waals surface area contributed by atoms with Crippen molar-refractivity contribution >= 4 is 0 Å². The molecule has 1 saturated carbocycles. The number of benzene rings is 1. The number of hydrogen-bond acceptors (Lipinski definition) is 4. The maximum atomic E-state index is 9.15. The van der Waals surface area contributed by atoms with E-state index in [0.717, 1.165) is 37.3 Å². The number of nitriles is 1. The minimum Gasteiger partial charge on any atom is -0.494 e. The Kier molecular flexibility index (Phi) is 4.38. The van der Waals surface area contributed by atoms with Gasteiger partial charge in [0, 0.05) is 18.9 Å². The van der Waals surface area contributed by atoms with E-state index in [1.165, 1.54) is 12.0 Å². The van der Waals surface area contributed by atoms with Crippen molar-refractivity contribution in [1.82, 2.24) is 15.0 Å². The lowest BCUT2D eigenvalue weighted by molar-refractivity contribution is 0.293. The summed E-state index contributed by atoms with van der Waals surface area (Å²) in [5, 5.41) is 17.3. The average molecular weight is 296 g/mol. The smallest absolute Gasteiger partial charge is 0.186 e. The first-order chi connectivity index (χ1) is 10.8. The van der Waals surface area contributed by atoms with Gasteiger partial charge in [-0.15, -0.1) is 5.10 Å². The van der Waals surface area contributed by atoms with Crippen LogP contribution in [-0.4, -0.2) is 21.6 Å². The Morgan fingerprint density at radius 3 is 2.73 bits per heavy atom. The summed E-state index contributed by atoms with van der Waals surface area (Å²) >= 11 is 0. The fourth-order valence-electron chi connectivity index (χ4n) is 2.69. The van der Waals surface area contributed by atoms with Crippen LogP contribution in [0.15, 0.2) is 24.3 Å². The molecule has 0 radical (unpaired) electrons. The van der Waals surface area contributed by atoms with Crippen LogP contribution in [0.4, 0.5) is 0 Å². The lowest BCUT2D eigenvalue weighted by atomic mass is 9.82. The highest BCUT2D eigenvalue weighted by molar-refractivity contribution is 5.29. The molecule has 0 amide bonds. The molecule has 1 fully saturated rings. The van der Waals surface area contributed by atoms with Crippen LogP contribution < -0.4 is 4.74 Å². The second kappa shape index (κ2) is 6.61. The summed E-state index contributed by atoms with van der Waals surface area (Å²) in [6.07, 6.45) is 4.36. The van der Waals surface area contributed by atoms with Crippen LogP contribution in [0.1, 0.15) is 48.6 Å². The number of rotatable bonds is 6. The molecule has 0 saturated heterocycles. The second-order valence-corrected chi connectivity index (χ2v) is 5.80. The van der Waals surface area contributed by atoms with Crippen molar-refractivity contribution in [2.45, 2.75) is 45.1 Å². The van der Waals surface area contributed by atoms with Crippen molar-refractivity contribution < 1.29 is 4.74 Å². The molecule has 1 heterocycles. The van der Waals surface area contributed by atoms with Gasteiger partial charge in [-0.3, -0.25) is 0 Å². The van der Waals surface area contributed by atoms with E-state index in [9.17, 15) is 0 Å². The van der Waals surface area contributed by atoms with Crippen molar-refractivity contribution in [3.63, 3.8) is 0 Å². The van der Waals surface area contributed by atoms with Gasteiger partial charge < -0.3 is 4.74 Å². The van der Waals surface area contributed by atoms with Gasteiger partial charge in [-0.1, -0.05) is 29.3 Å².